The van der Waals surface area contributed by atoms with Crippen molar-refractivity contribution in [2.75, 3.05) is 11.4 Å². The molecule has 160 valence electrons. The summed E-state index contributed by atoms with van der Waals surface area (Å²) < 4.78 is 24.8. The molecule has 0 saturated carbocycles. The molecule has 31 heavy (non-hydrogen) atoms. The van der Waals surface area contributed by atoms with Gasteiger partial charge in [-0.15, -0.1) is 0 Å². The third-order valence-corrected chi connectivity index (χ3v) is 5.37. The zero-order valence-corrected chi connectivity index (χ0v) is 17.7. The van der Waals surface area contributed by atoms with Crippen molar-refractivity contribution in [1.29, 1.82) is 0 Å². The minimum atomic E-state index is -1.37. The molecule has 0 aliphatic carbocycles. The highest BCUT2D eigenvalue weighted by atomic mass is 35.5. The number of carbonyl (C=O) groups is 1. The van der Waals surface area contributed by atoms with Gasteiger partial charge in [0.2, 0.25) is 0 Å². The molecule has 1 aliphatic heterocycles. The van der Waals surface area contributed by atoms with Crippen LogP contribution in [0.2, 0.25) is 10.0 Å². The number of nitrogens with zero attached hydrogens (tertiary/aromatic N) is 2. The fourth-order valence-corrected chi connectivity index (χ4v) is 3.83. The molecule has 0 radical (unpaired) electrons. The van der Waals surface area contributed by atoms with Crippen molar-refractivity contribution < 1.29 is 23.8 Å². The van der Waals surface area contributed by atoms with E-state index in [1.54, 1.807) is 30.3 Å². The summed E-state index contributed by atoms with van der Waals surface area (Å²) in [6.07, 6.45) is 0.735. The maximum Gasteiger partial charge on any atom is 0.511 e. The molecule has 1 aromatic heterocycles. The van der Waals surface area contributed by atoms with E-state index in [0.717, 1.165) is 11.1 Å². The third-order valence-electron chi connectivity index (χ3n) is 4.90. The van der Waals surface area contributed by atoms with Crippen LogP contribution in [0.15, 0.2) is 48.7 Å². The molecule has 1 N–H and O–H groups in total. The second-order valence-corrected chi connectivity index (χ2v) is 7.80. The predicted octanol–water partition coefficient (Wildman–Crippen LogP) is 5.73. The summed E-state index contributed by atoms with van der Waals surface area (Å²) in [5.74, 6) is 1.05. The second kappa shape index (κ2) is 8.99. The number of fused-ring (bicyclic) bond motifs is 1. The molecule has 1 aliphatic rings. The average molecular weight is 463 g/mol. The molecule has 6 nitrogen and oxygen atoms in total. The Morgan fingerprint density at radius 3 is 2.65 bits per heavy atom. The first-order valence-electron chi connectivity index (χ1n) is 9.39. The molecule has 9 heteroatoms. The number of rotatable bonds is 6. The van der Waals surface area contributed by atoms with E-state index in [2.05, 4.69) is 4.98 Å². The number of hydrogen-bond donors (Lipinski definition) is 1. The Morgan fingerprint density at radius 1 is 1.10 bits per heavy atom. The highest BCUT2D eigenvalue weighted by Crippen LogP contribution is 2.35. The average Bonchev–Trinajstić information content (AvgIpc) is 3.12. The molecule has 0 fully saturated rings. The summed E-state index contributed by atoms with van der Waals surface area (Å²) in [6.45, 7) is 1.08. The lowest BCUT2D eigenvalue weighted by Crippen LogP contribution is -2.21. The fraction of sp³-hybridized carbons (Fsp3) is 0.182. The maximum atomic E-state index is 14.1. The van der Waals surface area contributed by atoms with E-state index in [9.17, 15) is 9.18 Å². The zero-order valence-electron chi connectivity index (χ0n) is 16.1. The van der Waals surface area contributed by atoms with E-state index in [1.165, 1.54) is 18.3 Å². The quantitative estimate of drug-likeness (QED) is 0.471. The van der Waals surface area contributed by atoms with E-state index in [0.29, 0.717) is 46.7 Å². The summed E-state index contributed by atoms with van der Waals surface area (Å²) in [5.41, 5.74) is 1.91. The summed E-state index contributed by atoms with van der Waals surface area (Å²) in [7, 11) is 0. The molecule has 2 heterocycles. The molecule has 3 aromatic rings. The van der Waals surface area contributed by atoms with Crippen LogP contribution in [-0.2, 0) is 19.6 Å². The van der Waals surface area contributed by atoms with Crippen LogP contribution in [0.5, 0.6) is 11.5 Å². The molecular weight excluding hydrogens is 446 g/mol. The van der Waals surface area contributed by atoms with Crippen LogP contribution >= 0.6 is 23.2 Å². The summed E-state index contributed by atoms with van der Waals surface area (Å²) in [6, 6.07) is 11.2. The zero-order chi connectivity index (χ0) is 22.0. The SMILES string of the molecule is O=C(O)Oc1ccnc2c1CCN2Cc1cc(Cl)ccc1OCc1ccc(Cl)cc1F. The Hall–Kier alpha value is -3.03. The standard InChI is InChI=1S/C22H17Cl2FN2O4/c23-15-3-4-19(30-12-13-1-2-16(24)10-18(13)25)14(9-15)11-27-8-6-17-20(31-22(28)29)5-7-26-21(17)27/h1-5,7,9-10H,6,8,11-12H2,(H,28,29). The smallest absolute Gasteiger partial charge is 0.488 e. The first-order valence-corrected chi connectivity index (χ1v) is 10.1. The molecular formula is C22H17Cl2FN2O4. The lowest BCUT2D eigenvalue weighted by Gasteiger charge is -2.21. The van der Waals surface area contributed by atoms with Crippen molar-refractivity contribution in [2.45, 2.75) is 19.6 Å². The normalized spacial score (nSPS) is 12.5. The fourth-order valence-electron chi connectivity index (χ4n) is 3.48. The van der Waals surface area contributed by atoms with E-state index >= 15 is 0 Å². The third kappa shape index (κ3) is 4.84. The van der Waals surface area contributed by atoms with Crippen LogP contribution < -0.4 is 14.4 Å². The van der Waals surface area contributed by atoms with Gasteiger partial charge in [0.1, 0.15) is 29.7 Å². The van der Waals surface area contributed by atoms with Gasteiger partial charge in [0.25, 0.3) is 0 Å². The van der Waals surface area contributed by atoms with Gasteiger partial charge < -0.3 is 19.5 Å². The van der Waals surface area contributed by atoms with E-state index in [1.807, 2.05) is 4.90 Å². The van der Waals surface area contributed by atoms with Crippen LogP contribution in [0.1, 0.15) is 16.7 Å². The van der Waals surface area contributed by atoms with E-state index in [4.69, 9.17) is 37.8 Å². The van der Waals surface area contributed by atoms with Gasteiger partial charge in [-0.2, -0.15) is 0 Å². The van der Waals surface area contributed by atoms with Crippen LogP contribution in [-0.4, -0.2) is 22.8 Å². The van der Waals surface area contributed by atoms with Crippen LogP contribution in [0.25, 0.3) is 0 Å². The number of pyridine rings is 1. The van der Waals surface area contributed by atoms with Crippen molar-refractivity contribution in [1.82, 2.24) is 4.98 Å². The van der Waals surface area contributed by atoms with Gasteiger partial charge in [-0.1, -0.05) is 29.3 Å². The number of aromatic nitrogens is 1. The van der Waals surface area contributed by atoms with Crippen molar-refractivity contribution in [3.63, 3.8) is 0 Å². The second-order valence-electron chi connectivity index (χ2n) is 6.93. The Balaban J connectivity index is 1.55. The summed E-state index contributed by atoms with van der Waals surface area (Å²) >= 11 is 12.0. The van der Waals surface area contributed by atoms with Crippen molar-refractivity contribution in [2.24, 2.45) is 0 Å². The van der Waals surface area contributed by atoms with Gasteiger partial charge >= 0.3 is 6.16 Å². The number of ether oxygens (including phenoxy) is 2. The van der Waals surface area contributed by atoms with Gasteiger partial charge in [0.15, 0.2) is 0 Å². The first kappa shape index (κ1) is 21.2. The highest BCUT2D eigenvalue weighted by Gasteiger charge is 2.26. The van der Waals surface area contributed by atoms with E-state index in [-0.39, 0.29) is 12.4 Å². The van der Waals surface area contributed by atoms with Crippen LogP contribution in [0.4, 0.5) is 15.0 Å². The summed E-state index contributed by atoms with van der Waals surface area (Å²) in [5, 5.41) is 9.79. The van der Waals surface area contributed by atoms with Gasteiger partial charge in [0.05, 0.1) is 0 Å². The topological polar surface area (TPSA) is 71.9 Å². The van der Waals surface area contributed by atoms with Crippen molar-refractivity contribution in [3.8, 4) is 11.5 Å². The number of halogens is 3. The van der Waals surface area contributed by atoms with Crippen molar-refractivity contribution >= 4 is 35.2 Å². The van der Waals surface area contributed by atoms with E-state index < -0.39 is 12.0 Å². The molecule has 0 unspecified atom stereocenters. The van der Waals surface area contributed by atoms with Crippen LogP contribution in [0, 0.1) is 5.82 Å². The number of carboxylic acid groups (broad SMARTS) is 1. The Kier molecular flexibility index (Phi) is 6.15. The van der Waals surface area contributed by atoms with Gasteiger partial charge in [-0.05, 0) is 42.8 Å². The Morgan fingerprint density at radius 2 is 1.87 bits per heavy atom. The monoisotopic (exact) mass is 462 g/mol. The molecule has 0 bridgehead atoms. The highest BCUT2D eigenvalue weighted by molar-refractivity contribution is 6.30. The Labute approximate surface area is 187 Å². The van der Waals surface area contributed by atoms with Gasteiger partial charge in [0, 0.05) is 46.0 Å². The summed E-state index contributed by atoms with van der Waals surface area (Å²) in [4.78, 5) is 17.3. The lowest BCUT2D eigenvalue weighted by atomic mass is 10.1. The first-order chi connectivity index (χ1) is 14.9. The predicted molar refractivity (Wildman–Crippen MR) is 115 cm³/mol. The number of anilines is 1. The maximum absolute atomic E-state index is 14.1. The molecule has 0 amide bonds. The minimum Gasteiger partial charge on any atom is -0.488 e. The molecule has 0 spiro atoms. The van der Waals surface area contributed by atoms with Crippen molar-refractivity contribution in [3.05, 3.63) is 81.2 Å². The molecule has 4 rings (SSSR count). The number of benzene rings is 2. The largest absolute Gasteiger partial charge is 0.511 e. The minimum absolute atomic E-state index is 0.0308. The van der Waals surface area contributed by atoms with Gasteiger partial charge in [-0.3, -0.25) is 0 Å². The van der Waals surface area contributed by atoms with Crippen LogP contribution in [0.3, 0.4) is 0 Å². The molecule has 0 atom stereocenters. The Bertz CT molecular complexity index is 1140. The lowest BCUT2D eigenvalue weighted by molar-refractivity contribution is 0.144. The molecule has 0 saturated heterocycles. The van der Waals surface area contributed by atoms with Gasteiger partial charge in [-0.25, -0.2) is 14.2 Å². The number of hydrogen-bond acceptors (Lipinski definition) is 5. The molecule has 2 aromatic carbocycles.